The standard InChI is InChI=1S/C23H19BrCl2N2O5S/c24-16-2-6-19(7-3-16)34(30,31)28(13-15-1-4-17(25)11-20(15)26)14-23(29)27-18-5-8-21-22(12-18)33-10-9-32-21/h1-8,11-12H,9-10,13-14H2,(H,27,29). The fraction of sp³-hybridized carbons (Fsp3) is 0.174. The van der Waals surface area contributed by atoms with E-state index in [0.29, 0.717) is 46.0 Å². The minimum Gasteiger partial charge on any atom is -0.486 e. The minimum atomic E-state index is -4.03. The van der Waals surface area contributed by atoms with Crippen molar-refractivity contribution in [1.29, 1.82) is 0 Å². The number of halogens is 3. The van der Waals surface area contributed by atoms with Crippen molar-refractivity contribution in [3.8, 4) is 11.5 Å². The maximum Gasteiger partial charge on any atom is 0.243 e. The van der Waals surface area contributed by atoms with Gasteiger partial charge in [-0.1, -0.05) is 45.2 Å². The molecule has 0 spiro atoms. The van der Waals surface area contributed by atoms with Crippen LogP contribution in [0.1, 0.15) is 5.56 Å². The molecule has 1 amide bonds. The fourth-order valence-electron chi connectivity index (χ4n) is 3.30. The zero-order valence-electron chi connectivity index (χ0n) is 17.6. The van der Waals surface area contributed by atoms with Crippen LogP contribution in [0.15, 0.2) is 70.0 Å². The first-order valence-electron chi connectivity index (χ1n) is 10.1. The number of carbonyl (C=O) groups excluding carboxylic acids is 1. The Balaban J connectivity index is 1.59. The van der Waals surface area contributed by atoms with E-state index in [1.165, 1.54) is 18.2 Å². The van der Waals surface area contributed by atoms with Crippen LogP contribution in [0.4, 0.5) is 5.69 Å². The SMILES string of the molecule is O=C(CN(Cc1ccc(Cl)cc1Cl)S(=O)(=O)c1ccc(Br)cc1)Nc1ccc2c(c1)OCCO2. The number of amides is 1. The lowest BCUT2D eigenvalue weighted by Crippen LogP contribution is -2.37. The maximum absolute atomic E-state index is 13.4. The Morgan fingerprint density at radius 1 is 0.971 bits per heavy atom. The van der Waals surface area contributed by atoms with Gasteiger partial charge in [-0.2, -0.15) is 4.31 Å². The lowest BCUT2D eigenvalue weighted by Gasteiger charge is -2.23. The molecule has 7 nitrogen and oxygen atoms in total. The van der Waals surface area contributed by atoms with Crippen molar-refractivity contribution in [3.63, 3.8) is 0 Å². The number of hydrogen-bond donors (Lipinski definition) is 1. The Kier molecular flexibility index (Phi) is 7.69. The molecule has 178 valence electrons. The number of fused-ring (bicyclic) bond motifs is 1. The molecular weight excluding hydrogens is 567 g/mol. The summed E-state index contributed by atoms with van der Waals surface area (Å²) in [5.74, 6) is 0.569. The van der Waals surface area contributed by atoms with Crippen LogP contribution in [0.2, 0.25) is 10.0 Å². The molecule has 0 radical (unpaired) electrons. The van der Waals surface area contributed by atoms with Crippen LogP contribution in [0.3, 0.4) is 0 Å². The van der Waals surface area contributed by atoms with E-state index in [-0.39, 0.29) is 11.4 Å². The number of sulfonamides is 1. The number of benzene rings is 3. The van der Waals surface area contributed by atoms with Crippen molar-refractivity contribution >= 4 is 60.7 Å². The Bertz CT molecular complexity index is 1320. The van der Waals surface area contributed by atoms with E-state index in [0.717, 1.165) is 8.78 Å². The topological polar surface area (TPSA) is 84.9 Å². The highest BCUT2D eigenvalue weighted by molar-refractivity contribution is 9.10. The fourth-order valence-corrected chi connectivity index (χ4v) is 5.41. The maximum atomic E-state index is 13.4. The predicted octanol–water partition coefficient (Wildman–Crippen LogP) is 5.36. The van der Waals surface area contributed by atoms with E-state index in [1.54, 1.807) is 42.5 Å². The van der Waals surface area contributed by atoms with Crippen molar-refractivity contribution in [1.82, 2.24) is 4.31 Å². The number of nitrogens with one attached hydrogen (secondary N) is 1. The minimum absolute atomic E-state index is 0.0490. The molecule has 0 unspecified atom stereocenters. The summed E-state index contributed by atoms with van der Waals surface area (Å²) in [6.45, 7) is 0.301. The third-order valence-corrected chi connectivity index (χ3v) is 7.88. The Hall–Kier alpha value is -2.30. The summed E-state index contributed by atoms with van der Waals surface area (Å²) >= 11 is 15.6. The molecule has 0 fully saturated rings. The number of anilines is 1. The molecule has 0 atom stereocenters. The normalized spacial score (nSPS) is 13.1. The average molecular weight is 586 g/mol. The number of ether oxygens (including phenoxy) is 2. The molecule has 11 heteroatoms. The Labute approximate surface area is 215 Å². The molecule has 0 bridgehead atoms. The summed E-state index contributed by atoms with van der Waals surface area (Å²) in [5.41, 5.74) is 0.971. The predicted molar refractivity (Wildman–Crippen MR) is 134 cm³/mol. The van der Waals surface area contributed by atoms with Crippen LogP contribution in [0.25, 0.3) is 0 Å². The van der Waals surface area contributed by atoms with Gasteiger partial charge >= 0.3 is 0 Å². The third kappa shape index (κ3) is 5.84. The first-order chi connectivity index (χ1) is 16.2. The van der Waals surface area contributed by atoms with Crippen molar-refractivity contribution < 1.29 is 22.7 Å². The number of hydrogen-bond acceptors (Lipinski definition) is 5. The van der Waals surface area contributed by atoms with Crippen molar-refractivity contribution in [3.05, 3.63) is 80.7 Å². The second kappa shape index (κ2) is 10.5. The molecule has 0 saturated heterocycles. The van der Waals surface area contributed by atoms with Crippen LogP contribution >= 0.6 is 39.1 Å². The Morgan fingerprint density at radius 3 is 2.38 bits per heavy atom. The van der Waals surface area contributed by atoms with Crippen LogP contribution in [-0.2, 0) is 21.4 Å². The average Bonchev–Trinajstić information content (AvgIpc) is 2.80. The van der Waals surface area contributed by atoms with Crippen molar-refractivity contribution in [2.75, 3.05) is 25.1 Å². The molecule has 1 heterocycles. The monoisotopic (exact) mass is 584 g/mol. The first-order valence-corrected chi connectivity index (χ1v) is 13.1. The summed E-state index contributed by atoms with van der Waals surface area (Å²) in [7, 11) is -4.03. The number of nitrogens with zero attached hydrogens (tertiary/aromatic N) is 1. The van der Waals surface area contributed by atoms with Crippen LogP contribution < -0.4 is 14.8 Å². The second-order valence-corrected chi connectivity index (χ2v) is 11.1. The molecule has 0 saturated carbocycles. The quantitative estimate of drug-likeness (QED) is 0.404. The van der Waals surface area contributed by atoms with E-state index in [9.17, 15) is 13.2 Å². The first kappa shape index (κ1) is 24.8. The third-order valence-electron chi connectivity index (χ3n) is 4.96. The molecule has 1 aliphatic heterocycles. The van der Waals surface area contributed by atoms with E-state index in [1.807, 2.05) is 0 Å². The molecule has 3 aromatic rings. The number of carbonyl (C=O) groups is 1. The smallest absolute Gasteiger partial charge is 0.243 e. The lowest BCUT2D eigenvalue weighted by atomic mass is 10.2. The van der Waals surface area contributed by atoms with Crippen molar-refractivity contribution in [2.45, 2.75) is 11.4 Å². The highest BCUT2D eigenvalue weighted by Gasteiger charge is 2.28. The van der Waals surface area contributed by atoms with Crippen LogP contribution in [0, 0.1) is 0 Å². The van der Waals surface area contributed by atoms with Gasteiger partial charge in [-0.05, 0) is 54.1 Å². The van der Waals surface area contributed by atoms with Gasteiger partial charge in [0.15, 0.2) is 11.5 Å². The van der Waals surface area contributed by atoms with E-state index in [2.05, 4.69) is 21.2 Å². The van der Waals surface area contributed by atoms with Gasteiger partial charge < -0.3 is 14.8 Å². The zero-order chi connectivity index (χ0) is 24.3. The summed E-state index contributed by atoms with van der Waals surface area (Å²) in [6, 6.07) is 15.9. The second-order valence-electron chi connectivity index (χ2n) is 7.37. The van der Waals surface area contributed by atoms with Crippen LogP contribution in [0.5, 0.6) is 11.5 Å². The summed E-state index contributed by atoms with van der Waals surface area (Å²) in [4.78, 5) is 13.0. The van der Waals surface area contributed by atoms with Crippen molar-refractivity contribution in [2.24, 2.45) is 0 Å². The molecular formula is C23H19BrCl2N2O5S. The van der Waals surface area contributed by atoms with Gasteiger partial charge in [-0.25, -0.2) is 8.42 Å². The lowest BCUT2D eigenvalue weighted by molar-refractivity contribution is -0.116. The molecule has 1 N–H and O–H groups in total. The van der Waals surface area contributed by atoms with Gasteiger partial charge in [-0.3, -0.25) is 4.79 Å². The highest BCUT2D eigenvalue weighted by Crippen LogP contribution is 2.33. The summed E-state index contributed by atoms with van der Waals surface area (Å²) in [6.07, 6.45) is 0. The van der Waals surface area contributed by atoms with Crippen LogP contribution in [-0.4, -0.2) is 38.4 Å². The van der Waals surface area contributed by atoms with Gasteiger partial charge in [0.25, 0.3) is 0 Å². The summed E-state index contributed by atoms with van der Waals surface area (Å²) in [5, 5.41) is 3.45. The summed E-state index contributed by atoms with van der Waals surface area (Å²) < 4.78 is 39.7. The highest BCUT2D eigenvalue weighted by atomic mass is 79.9. The number of rotatable bonds is 7. The van der Waals surface area contributed by atoms with E-state index in [4.69, 9.17) is 32.7 Å². The molecule has 3 aromatic carbocycles. The van der Waals surface area contributed by atoms with Gasteiger partial charge in [0.1, 0.15) is 13.2 Å². The van der Waals surface area contributed by atoms with E-state index < -0.39 is 22.5 Å². The largest absolute Gasteiger partial charge is 0.486 e. The Morgan fingerprint density at radius 2 is 1.68 bits per heavy atom. The van der Waals surface area contributed by atoms with E-state index >= 15 is 0 Å². The molecule has 0 aliphatic carbocycles. The van der Waals surface area contributed by atoms with Gasteiger partial charge in [-0.15, -0.1) is 0 Å². The zero-order valence-corrected chi connectivity index (χ0v) is 21.5. The molecule has 0 aromatic heterocycles. The van der Waals surface area contributed by atoms with Gasteiger partial charge in [0, 0.05) is 32.8 Å². The molecule has 34 heavy (non-hydrogen) atoms. The molecule has 1 aliphatic rings. The molecule has 4 rings (SSSR count). The van der Waals surface area contributed by atoms with Gasteiger partial charge in [0.05, 0.1) is 11.4 Å². The van der Waals surface area contributed by atoms with Gasteiger partial charge in [0.2, 0.25) is 15.9 Å².